The van der Waals surface area contributed by atoms with Crippen molar-refractivity contribution in [2.24, 2.45) is 0 Å². The Hall–Kier alpha value is -2.69. The van der Waals surface area contributed by atoms with Gasteiger partial charge in [0.05, 0.1) is 14.2 Å². The first-order valence-corrected chi connectivity index (χ1v) is 9.50. The number of likely N-dealkylation sites (tertiary alicyclic amines) is 1. The molecule has 1 aliphatic heterocycles. The van der Waals surface area contributed by atoms with Crippen molar-refractivity contribution in [2.45, 2.75) is 31.7 Å². The van der Waals surface area contributed by atoms with Crippen LogP contribution in [-0.2, 0) is 12.8 Å². The number of rotatable bonds is 7. The second-order valence-corrected chi connectivity index (χ2v) is 6.85. The first kappa shape index (κ1) is 19.1. The predicted molar refractivity (Wildman–Crippen MR) is 107 cm³/mol. The number of carbonyl (C=O) groups is 1. The van der Waals surface area contributed by atoms with E-state index in [0.29, 0.717) is 18.0 Å². The van der Waals surface area contributed by atoms with Crippen molar-refractivity contribution < 1.29 is 14.3 Å². The molecule has 0 aliphatic carbocycles. The van der Waals surface area contributed by atoms with Crippen molar-refractivity contribution in [3.05, 3.63) is 59.7 Å². The van der Waals surface area contributed by atoms with Gasteiger partial charge in [0.15, 0.2) is 11.5 Å². The smallest absolute Gasteiger partial charge is 0.317 e. The van der Waals surface area contributed by atoms with Crippen LogP contribution >= 0.6 is 0 Å². The van der Waals surface area contributed by atoms with Crippen molar-refractivity contribution in [1.82, 2.24) is 10.2 Å². The Morgan fingerprint density at radius 3 is 2.59 bits per heavy atom. The molecular weight excluding hydrogens is 340 g/mol. The molecule has 0 bridgehead atoms. The van der Waals surface area contributed by atoms with Crippen LogP contribution in [0.1, 0.15) is 24.0 Å². The summed E-state index contributed by atoms with van der Waals surface area (Å²) in [5, 5.41) is 3.07. The maximum atomic E-state index is 12.6. The molecule has 5 heteroatoms. The van der Waals surface area contributed by atoms with Crippen LogP contribution in [0.3, 0.4) is 0 Å². The predicted octanol–water partition coefficient (Wildman–Crippen LogP) is 3.66. The topological polar surface area (TPSA) is 50.8 Å². The zero-order valence-corrected chi connectivity index (χ0v) is 16.1. The summed E-state index contributed by atoms with van der Waals surface area (Å²) in [6, 6.07) is 16.6. The largest absolute Gasteiger partial charge is 0.493 e. The Morgan fingerprint density at radius 1 is 1.07 bits per heavy atom. The minimum Gasteiger partial charge on any atom is -0.493 e. The normalized spacial score (nSPS) is 16.2. The average molecular weight is 368 g/mol. The number of amides is 2. The van der Waals surface area contributed by atoms with Gasteiger partial charge in [0.25, 0.3) is 0 Å². The zero-order valence-electron chi connectivity index (χ0n) is 16.1. The standard InChI is InChI=1S/C22H28N2O3/c1-26-20-11-10-18(16-21(20)27-2)12-13-23-22(25)24-14-6-9-19(24)15-17-7-4-3-5-8-17/h3-5,7-8,10-11,16,19H,6,9,12-15H2,1-2H3,(H,23,25). The summed E-state index contributed by atoms with van der Waals surface area (Å²) in [6.45, 7) is 1.43. The third-order valence-corrected chi connectivity index (χ3v) is 5.09. The highest BCUT2D eigenvalue weighted by Crippen LogP contribution is 2.27. The molecule has 1 atom stereocenters. The summed E-state index contributed by atoms with van der Waals surface area (Å²) in [4.78, 5) is 14.6. The molecule has 1 saturated heterocycles. The highest BCUT2D eigenvalue weighted by atomic mass is 16.5. The van der Waals surface area contributed by atoms with E-state index in [1.165, 1.54) is 5.56 Å². The summed E-state index contributed by atoms with van der Waals surface area (Å²) >= 11 is 0. The summed E-state index contributed by atoms with van der Waals surface area (Å²) in [7, 11) is 3.25. The van der Waals surface area contributed by atoms with Gasteiger partial charge in [-0.25, -0.2) is 4.79 Å². The lowest BCUT2D eigenvalue weighted by atomic mass is 10.0. The Balaban J connectivity index is 1.51. The van der Waals surface area contributed by atoms with Gasteiger partial charge < -0.3 is 19.7 Å². The maximum absolute atomic E-state index is 12.6. The molecule has 0 aromatic heterocycles. The minimum atomic E-state index is 0.0360. The Kier molecular flexibility index (Phi) is 6.58. The first-order valence-electron chi connectivity index (χ1n) is 9.50. The van der Waals surface area contributed by atoms with E-state index in [2.05, 4.69) is 29.6 Å². The van der Waals surface area contributed by atoms with E-state index in [4.69, 9.17) is 9.47 Å². The molecule has 0 radical (unpaired) electrons. The van der Waals surface area contributed by atoms with Gasteiger partial charge in [-0.3, -0.25) is 0 Å². The number of ether oxygens (including phenoxy) is 2. The molecule has 1 unspecified atom stereocenters. The number of hydrogen-bond acceptors (Lipinski definition) is 3. The number of carbonyl (C=O) groups excluding carboxylic acids is 1. The Labute approximate surface area is 161 Å². The third-order valence-electron chi connectivity index (χ3n) is 5.09. The number of hydrogen-bond donors (Lipinski definition) is 1. The van der Waals surface area contributed by atoms with E-state index in [9.17, 15) is 4.79 Å². The van der Waals surface area contributed by atoms with Crippen molar-refractivity contribution in [3.63, 3.8) is 0 Å². The zero-order chi connectivity index (χ0) is 19.1. The summed E-state index contributed by atoms with van der Waals surface area (Å²) < 4.78 is 10.6. The Morgan fingerprint density at radius 2 is 1.85 bits per heavy atom. The van der Waals surface area contributed by atoms with Crippen LogP contribution in [0.5, 0.6) is 11.5 Å². The summed E-state index contributed by atoms with van der Waals surface area (Å²) in [6.07, 6.45) is 3.81. The second kappa shape index (κ2) is 9.31. The van der Waals surface area contributed by atoms with Crippen molar-refractivity contribution in [2.75, 3.05) is 27.3 Å². The molecule has 27 heavy (non-hydrogen) atoms. The highest BCUT2D eigenvalue weighted by Gasteiger charge is 2.28. The van der Waals surface area contributed by atoms with Crippen molar-refractivity contribution in [1.29, 1.82) is 0 Å². The molecule has 1 N–H and O–H groups in total. The molecule has 2 aromatic rings. The lowest BCUT2D eigenvalue weighted by Gasteiger charge is -2.25. The molecule has 3 rings (SSSR count). The van der Waals surface area contributed by atoms with Crippen LogP contribution in [0.25, 0.3) is 0 Å². The van der Waals surface area contributed by atoms with Gasteiger partial charge in [-0.15, -0.1) is 0 Å². The number of nitrogens with one attached hydrogen (secondary N) is 1. The number of urea groups is 1. The third kappa shape index (κ3) is 4.94. The molecule has 5 nitrogen and oxygen atoms in total. The highest BCUT2D eigenvalue weighted by molar-refractivity contribution is 5.74. The molecular formula is C22H28N2O3. The molecule has 1 aliphatic rings. The minimum absolute atomic E-state index is 0.0360. The number of nitrogens with zero attached hydrogens (tertiary/aromatic N) is 1. The van der Waals surface area contributed by atoms with Gasteiger partial charge in [-0.2, -0.15) is 0 Å². The van der Waals surface area contributed by atoms with Gasteiger partial charge >= 0.3 is 6.03 Å². The molecule has 2 amide bonds. The fourth-order valence-corrected chi connectivity index (χ4v) is 3.65. The first-order chi connectivity index (χ1) is 13.2. The average Bonchev–Trinajstić information content (AvgIpc) is 3.16. The lowest BCUT2D eigenvalue weighted by molar-refractivity contribution is 0.192. The van der Waals surface area contributed by atoms with Crippen LogP contribution < -0.4 is 14.8 Å². The van der Waals surface area contributed by atoms with E-state index in [0.717, 1.165) is 37.8 Å². The van der Waals surface area contributed by atoms with Gasteiger partial charge in [-0.1, -0.05) is 36.4 Å². The lowest BCUT2D eigenvalue weighted by Crippen LogP contribution is -2.44. The Bertz CT molecular complexity index is 748. The number of benzene rings is 2. The van der Waals surface area contributed by atoms with Crippen LogP contribution in [0, 0.1) is 0 Å². The summed E-state index contributed by atoms with van der Waals surface area (Å²) in [5.41, 5.74) is 2.39. The molecule has 144 valence electrons. The number of methoxy groups -OCH3 is 2. The van der Waals surface area contributed by atoms with E-state index >= 15 is 0 Å². The van der Waals surface area contributed by atoms with E-state index < -0.39 is 0 Å². The SMILES string of the molecule is COc1ccc(CCNC(=O)N2CCCC2Cc2ccccc2)cc1OC. The van der Waals surface area contributed by atoms with Gasteiger partial charge in [0, 0.05) is 19.1 Å². The fourth-order valence-electron chi connectivity index (χ4n) is 3.65. The van der Waals surface area contributed by atoms with Crippen LogP contribution in [0.15, 0.2) is 48.5 Å². The molecule has 0 saturated carbocycles. The van der Waals surface area contributed by atoms with E-state index in [1.807, 2.05) is 29.2 Å². The monoisotopic (exact) mass is 368 g/mol. The molecule has 1 heterocycles. The van der Waals surface area contributed by atoms with Gasteiger partial charge in [0.2, 0.25) is 0 Å². The summed E-state index contributed by atoms with van der Waals surface area (Å²) in [5.74, 6) is 1.43. The molecule has 1 fully saturated rings. The second-order valence-electron chi connectivity index (χ2n) is 6.85. The molecule has 2 aromatic carbocycles. The van der Waals surface area contributed by atoms with Crippen LogP contribution in [-0.4, -0.2) is 44.3 Å². The quantitative estimate of drug-likeness (QED) is 0.811. The van der Waals surface area contributed by atoms with E-state index in [1.54, 1.807) is 14.2 Å². The van der Waals surface area contributed by atoms with E-state index in [-0.39, 0.29) is 12.1 Å². The maximum Gasteiger partial charge on any atom is 0.317 e. The van der Waals surface area contributed by atoms with Gasteiger partial charge in [-0.05, 0) is 48.9 Å². The molecule has 0 spiro atoms. The van der Waals surface area contributed by atoms with Crippen molar-refractivity contribution >= 4 is 6.03 Å². The van der Waals surface area contributed by atoms with Crippen LogP contribution in [0.2, 0.25) is 0 Å². The van der Waals surface area contributed by atoms with Gasteiger partial charge in [0.1, 0.15) is 0 Å². The fraction of sp³-hybridized carbons (Fsp3) is 0.409. The van der Waals surface area contributed by atoms with Crippen molar-refractivity contribution in [3.8, 4) is 11.5 Å². The van der Waals surface area contributed by atoms with Crippen LogP contribution in [0.4, 0.5) is 4.79 Å².